The number of nitrogens with two attached hydrogens (primary N) is 1. The Morgan fingerprint density at radius 1 is 1.22 bits per heavy atom. The van der Waals surface area contributed by atoms with Gasteiger partial charge in [0.1, 0.15) is 11.4 Å². The summed E-state index contributed by atoms with van der Waals surface area (Å²) < 4.78 is 7.49. The fourth-order valence-electron chi connectivity index (χ4n) is 4.86. The van der Waals surface area contributed by atoms with E-state index in [-0.39, 0.29) is 39.7 Å². The highest BCUT2D eigenvalue weighted by molar-refractivity contribution is 6.32. The number of hydrogen-bond donors (Lipinski definition) is 4. The molecule has 0 amide bonds. The molecule has 0 bridgehead atoms. The first kappa shape index (κ1) is 21.9. The molecule has 4 heterocycles. The van der Waals surface area contributed by atoms with Crippen molar-refractivity contribution in [2.45, 2.75) is 13.0 Å². The average Bonchev–Trinajstić information content (AvgIpc) is 3.43. The lowest BCUT2D eigenvalue weighted by Gasteiger charge is -2.12. The number of carboxylic acids is 1. The van der Waals surface area contributed by atoms with E-state index in [0.717, 1.165) is 5.56 Å². The predicted octanol–water partition coefficient (Wildman–Crippen LogP) is 3.15. The number of nitrogens with zero attached hydrogens (tertiary/aromatic N) is 2. The quantitative estimate of drug-likeness (QED) is 0.293. The number of nitrogen functional groups attached to an aromatic ring is 1. The Bertz CT molecular complexity index is 1850. The van der Waals surface area contributed by atoms with E-state index in [1.165, 1.54) is 12.3 Å². The van der Waals surface area contributed by atoms with E-state index in [9.17, 15) is 19.5 Å². The zero-order chi connectivity index (χ0) is 25.1. The fourth-order valence-corrected chi connectivity index (χ4v) is 5.08. The largest absolute Gasteiger partial charge is 0.492 e. The topological polar surface area (TPSA) is 156 Å². The van der Waals surface area contributed by atoms with Crippen molar-refractivity contribution in [3.05, 3.63) is 85.1 Å². The van der Waals surface area contributed by atoms with Gasteiger partial charge in [0.15, 0.2) is 0 Å². The lowest BCUT2D eigenvalue weighted by Crippen LogP contribution is -2.14. The molecule has 1 aliphatic rings. The number of fused-ring (bicyclic) bond motifs is 4. The van der Waals surface area contributed by atoms with Crippen LogP contribution in [0, 0.1) is 0 Å². The number of halogens is 1. The van der Waals surface area contributed by atoms with Crippen LogP contribution in [0.4, 0.5) is 5.95 Å². The SMILES string of the molecule is Nc1nc2cc(Cl)c(Cn3c(C(=O)O)c(-c4ccc[nH]c4=O)c4c5c(ccc43)CCO5)cc2c(=O)[nH]1. The van der Waals surface area contributed by atoms with Gasteiger partial charge in [-0.25, -0.2) is 9.78 Å². The number of ether oxygens (including phenoxy) is 1. The van der Waals surface area contributed by atoms with Gasteiger partial charge in [-0.3, -0.25) is 14.6 Å². The van der Waals surface area contributed by atoms with Crippen molar-refractivity contribution in [2.24, 2.45) is 0 Å². The molecular formula is C25H18ClN5O5. The number of aromatic carboxylic acids is 1. The number of nitrogens with one attached hydrogen (secondary N) is 2. The van der Waals surface area contributed by atoms with Crippen LogP contribution in [0.25, 0.3) is 32.9 Å². The Kier molecular flexibility index (Phi) is 4.87. The Balaban J connectivity index is 1.67. The smallest absolute Gasteiger partial charge is 0.353 e. The zero-order valence-electron chi connectivity index (χ0n) is 18.6. The molecule has 1 aliphatic heterocycles. The van der Waals surface area contributed by atoms with Gasteiger partial charge in [0.05, 0.1) is 34.0 Å². The van der Waals surface area contributed by atoms with Gasteiger partial charge in [0, 0.05) is 29.7 Å². The van der Waals surface area contributed by atoms with Crippen LogP contribution in [0.5, 0.6) is 5.75 Å². The third-order valence-corrected chi connectivity index (χ3v) is 6.74. The molecule has 0 radical (unpaired) electrons. The van der Waals surface area contributed by atoms with Gasteiger partial charge in [0.25, 0.3) is 11.1 Å². The number of carboxylic acid groups (broad SMARTS) is 1. The summed E-state index contributed by atoms with van der Waals surface area (Å²) in [4.78, 5) is 47.2. The van der Waals surface area contributed by atoms with E-state index in [2.05, 4.69) is 15.0 Å². The molecule has 0 saturated heterocycles. The van der Waals surface area contributed by atoms with Gasteiger partial charge in [-0.2, -0.15) is 0 Å². The molecule has 11 heteroatoms. The van der Waals surface area contributed by atoms with Crippen LogP contribution >= 0.6 is 11.6 Å². The molecule has 2 aromatic carbocycles. The number of carbonyl (C=O) groups is 1. The molecule has 5 N–H and O–H groups in total. The number of hydrogen-bond acceptors (Lipinski definition) is 6. The first-order chi connectivity index (χ1) is 17.3. The minimum Gasteiger partial charge on any atom is -0.492 e. The van der Waals surface area contributed by atoms with Gasteiger partial charge in [-0.05, 0) is 41.5 Å². The number of anilines is 1. The third-order valence-electron chi connectivity index (χ3n) is 6.39. The zero-order valence-corrected chi connectivity index (χ0v) is 19.3. The van der Waals surface area contributed by atoms with E-state index in [0.29, 0.717) is 40.8 Å². The second-order valence-corrected chi connectivity index (χ2v) is 8.89. The lowest BCUT2D eigenvalue weighted by atomic mass is 10.0. The minimum absolute atomic E-state index is 0.0141. The van der Waals surface area contributed by atoms with Crippen LogP contribution in [-0.2, 0) is 13.0 Å². The molecule has 0 aliphatic carbocycles. The molecule has 0 unspecified atom stereocenters. The number of pyridine rings is 1. The van der Waals surface area contributed by atoms with Crippen molar-refractivity contribution in [3.8, 4) is 16.9 Å². The van der Waals surface area contributed by atoms with Crippen LogP contribution in [0.3, 0.4) is 0 Å². The van der Waals surface area contributed by atoms with Crippen molar-refractivity contribution in [1.29, 1.82) is 0 Å². The van der Waals surface area contributed by atoms with E-state index < -0.39 is 17.1 Å². The molecular weight excluding hydrogens is 486 g/mol. The highest BCUT2D eigenvalue weighted by atomic mass is 35.5. The number of aromatic nitrogens is 4. The minimum atomic E-state index is -1.22. The molecule has 5 aromatic rings. The molecule has 10 nitrogen and oxygen atoms in total. The third kappa shape index (κ3) is 3.26. The molecule has 0 atom stereocenters. The maximum atomic E-state index is 12.8. The van der Waals surface area contributed by atoms with Crippen molar-refractivity contribution in [1.82, 2.24) is 19.5 Å². The Labute approximate surface area is 206 Å². The summed E-state index contributed by atoms with van der Waals surface area (Å²) in [6, 6.07) is 10.0. The first-order valence-corrected chi connectivity index (χ1v) is 11.4. The van der Waals surface area contributed by atoms with Gasteiger partial charge < -0.3 is 25.1 Å². The first-order valence-electron chi connectivity index (χ1n) is 11.0. The molecule has 0 spiro atoms. The van der Waals surface area contributed by atoms with E-state index in [4.69, 9.17) is 22.1 Å². The van der Waals surface area contributed by atoms with Gasteiger partial charge in [-0.1, -0.05) is 17.7 Å². The summed E-state index contributed by atoms with van der Waals surface area (Å²) in [5, 5.41) is 11.5. The Morgan fingerprint density at radius 2 is 2.06 bits per heavy atom. The molecule has 0 fully saturated rings. The molecule has 0 saturated carbocycles. The fraction of sp³-hybridized carbons (Fsp3) is 0.120. The lowest BCUT2D eigenvalue weighted by molar-refractivity contribution is 0.0687. The van der Waals surface area contributed by atoms with E-state index >= 15 is 0 Å². The van der Waals surface area contributed by atoms with Crippen LogP contribution in [0.15, 0.2) is 52.2 Å². The molecule has 6 rings (SSSR count). The summed E-state index contributed by atoms with van der Waals surface area (Å²) >= 11 is 6.55. The monoisotopic (exact) mass is 503 g/mol. The van der Waals surface area contributed by atoms with E-state index in [1.54, 1.807) is 22.8 Å². The van der Waals surface area contributed by atoms with Gasteiger partial charge >= 0.3 is 5.97 Å². The Hall–Kier alpha value is -4.57. The normalized spacial score (nSPS) is 12.7. The maximum absolute atomic E-state index is 12.8. The van der Waals surface area contributed by atoms with Crippen molar-refractivity contribution in [2.75, 3.05) is 12.3 Å². The predicted molar refractivity (Wildman–Crippen MR) is 135 cm³/mol. The van der Waals surface area contributed by atoms with Crippen molar-refractivity contribution >= 4 is 45.3 Å². The van der Waals surface area contributed by atoms with Gasteiger partial charge in [0.2, 0.25) is 5.95 Å². The van der Waals surface area contributed by atoms with Crippen LogP contribution in [0.1, 0.15) is 21.6 Å². The average molecular weight is 504 g/mol. The number of benzene rings is 2. The van der Waals surface area contributed by atoms with Crippen molar-refractivity contribution < 1.29 is 14.6 Å². The highest BCUT2D eigenvalue weighted by Gasteiger charge is 2.30. The summed E-state index contributed by atoms with van der Waals surface area (Å²) in [7, 11) is 0. The maximum Gasteiger partial charge on any atom is 0.353 e. The summed E-state index contributed by atoms with van der Waals surface area (Å²) in [6.07, 6.45) is 2.17. The van der Waals surface area contributed by atoms with Crippen molar-refractivity contribution in [3.63, 3.8) is 0 Å². The summed E-state index contributed by atoms with van der Waals surface area (Å²) in [5.41, 5.74) is 7.49. The molecule has 180 valence electrons. The summed E-state index contributed by atoms with van der Waals surface area (Å²) in [5.74, 6) is -0.694. The Morgan fingerprint density at radius 3 is 2.83 bits per heavy atom. The second kappa shape index (κ2) is 7.99. The van der Waals surface area contributed by atoms with Crippen LogP contribution in [-0.4, -0.2) is 37.2 Å². The number of H-pyrrole nitrogens is 2. The summed E-state index contributed by atoms with van der Waals surface area (Å²) in [6.45, 7) is 0.474. The van der Waals surface area contributed by atoms with Crippen LogP contribution in [0.2, 0.25) is 5.02 Å². The number of rotatable bonds is 4. The van der Waals surface area contributed by atoms with E-state index in [1.807, 2.05) is 12.1 Å². The second-order valence-electron chi connectivity index (χ2n) is 8.49. The highest BCUT2D eigenvalue weighted by Crippen LogP contribution is 2.43. The molecule has 36 heavy (non-hydrogen) atoms. The number of aromatic amines is 2. The molecule has 3 aromatic heterocycles. The van der Waals surface area contributed by atoms with Gasteiger partial charge in [-0.15, -0.1) is 0 Å². The standard InChI is InChI=1S/C25H18ClN5O5/c26-15-9-16-14(23(33)30-25(27)29-16)8-12(15)10-31-17-4-3-11-5-7-36-21(11)19(17)18(20(31)24(34)35)13-2-1-6-28-22(13)32/h1-4,6,8-9H,5,7,10H2,(H,28,32)(H,34,35)(H3,27,29,30,33). The van der Waals surface area contributed by atoms with Crippen LogP contribution < -0.4 is 21.6 Å².